The van der Waals surface area contributed by atoms with Crippen LogP contribution in [0.3, 0.4) is 0 Å². The first-order valence-corrected chi connectivity index (χ1v) is 5.87. The second-order valence-corrected chi connectivity index (χ2v) is 4.53. The Kier molecular flexibility index (Phi) is 3.85. The molecule has 0 unspecified atom stereocenters. The first-order chi connectivity index (χ1) is 8.25. The molecule has 88 valence electrons. The number of aromatic nitrogens is 1. The summed E-state index contributed by atoms with van der Waals surface area (Å²) in [5.41, 5.74) is 1.09. The zero-order valence-corrected chi connectivity index (χ0v) is 9.81. The third kappa shape index (κ3) is 3.37. The monoisotopic (exact) mass is 249 g/mol. The van der Waals surface area contributed by atoms with E-state index < -0.39 is 5.97 Å². The van der Waals surface area contributed by atoms with Gasteiger partial charge in [0.2, 0.25) is 5.01 Å². The molecule has 0 bridgehead atoms. The van der Waals surface area contributed by atoms with Gasteiger partial charge in [-0.15, -0.1) is 11.3 Å². The van der Waals surface area contributed by atoms with Gasteiger partial charge in [-0.25, -0.2) is 9.78 Å². The highest BCUT2D eigenvalue weighted by Crippen LogP contribution is 2.14. The van der Waals surface area contributed by atoms with Crippen molar-refractivity contribution < 1.29 is 14.6 Å². The fourth-order valence-electron chi connectivity index (χ4n) is 1.32. The summed E-state index contributed by atoms with van der Waals surface area (Å²) in [5, 5.41) is 8.81. The molecule has 0 radical (unpaired) electrons. The Morgan fingerprint density at radius 1 is 1.29 bits per heavy atom. The van der Waals surface area contributed by atoms with Crippen LogP contribution in [0.25, 0.3) is 0 Å². The van der Waals surface area contributed by atoms with E-state index in [1.54, 1.807) is 6.20 Å². The van der Waals surface area contributed by atoms with Crippen molar-refractivity contribution in [2.75, 3.05) is 0 Å². The number of benzene rings is 1. The maximum Gasteiger partial charge on any atom is 0.365 e. The summed E-state index contributed by atoms with van der Waals surface area (Å²) >= 11 is 1.14. The van der Waals surface area contributed by atoms with Gasteiger partial charge >= 0.3 is 5.97 Å². The molecule has 0 aliphatic heterocycles. The fraction of sp³-hybridized carbons (Fsp3) is 0.167. The Balaban J connectivity index is 1.84. The van der Waals surface area contributed by atoms with E-state index in [0.29, 0.717) is 13.2 Å². The van der Waals surface area contributed by atoms with Gasteiger partial charge in [0.25, 0.3) is 0 Å². The highest BCUT2D eigenvalue weighted by molar-refractivity contribution is 7.13. The first kappa shape index (κ1) is 11.8. The Hall–Kier alpha value is -1.72. The van der Waals surface area contributed by atoms with Crippen LogP contribution in [-0.2, 0) is 18.0 Å². The number of hydrogen-bond donors (Lipinski definition) is 1. The molecule has 0 spiro atoms. The van der Waals surface area contributed by atoms with Crippen molar-refractivity contribution >= 4 is 17.3 Å². The molecule has 1 N–H and O–H groups in total. The number of hydrogen-bond acceptors (Lipinski definition) is 4. The summed E-state index contributed by atoms with van der Waals surface area (Å²) in [7, 11) is 0. The molecule has 5 heteroatoms. The van der Waals surface area contributed by atoms with Gasteiger partial charge in [-0.3, -0.25) is 0 Å². The van der Waals surface area contributed by atoms with Gasteiger partial charge in [0.1, 0.15) is 0 Å². The van der Waals surface area contributed by atoms with Gasteiger partial charge in [0, 0.05) is 6.20 Å². The highest BCUT2D eigenvalue weighted by atomic mass is 32.1. The zero-order valence-electron chi connectivity index (χ0n) is 9.00. The van der Waals surface area contributed by atoms with Crippen molar-refractivity contribution in [3.05, 3.63) is 52.0 Å². The quantitative estimate of drug-likeness (QED) is 0.884. The number of nitrogens with zero attached hydrogens (tertiary/aromatic N) is 1. The third-order valence-corrected chi connectivity index (χ3v) is 3.05. The highest BCUT2D eigenvalue weighted by Gasteiger charge is 2.08. The van der Waals surface area contributed by atoms with Crippen LogP contribution in [0.15, 0.2) is 36.5 Å². The largest absolute Gasteiger partial charge is 0.476 e. The lowest BCUT2D eigenvalue weighted by Crippen LogP contribution is -1.93. The molecular formula is C12H11NO3S. The summed E-state index contributed by atoms with van der Waals surface area (Å²) in [6, 6.07) is 9.82. The van der Waals surface area contributed by atoms with Crippen LogP contribution in [0.2, 0.25) is 0 Å². The Bertz CT molecular complexity index is 495. The molecule has 17 heavy (non-hydrogen) atoms. The molecule has 0 saturated carbocycles. The summed E-state index contributed by atoms with van der Waals surface area (Å²) in [6.07, 6.45) is 1.54. The molecule has 2 aromatic rings. The van der Waals surface area contributed by atoms with Crippen molar-refractivity contribution in [2.45, 2.75) is 13.2 Å². The molecule has 0 fully saturated rings. The van der Waals surface area contributed by atoms with Crippen molar-refractivity contribution in [1.29, 1.82) is 0 Å². The van der Waals surface area contributed by atoms with Gasteiger partial charge in [-0.05, 0) is 5.56 Å². The molecule has 1 heterocycles. The number of carboxylic acids is 1. The fourth-order valence-corrected chi connectivity index (χ4v) is 2.01. The first-order valence-electron chi connectivity index (χ1n) is 5.05. The van der Waals surface area contributed by atoms with Crippen molar-refractivity contribution in [1.82, 2.24) is 4.98 Å². The minimum Gasteiger partial charge on any atom is -0.476 e. The molecule has 0 atom stereocenters. The van der Waals surface area contributed by atoms with Crippen LogP contribution in [0.4, 0.5) is 0 Å². The Morgan fingerprint density at radius 2 is 2.06 bits per heavy atom. The third-order valence-electron chi connectivity index (χ3n) is 2.09. The van der Waals surface area contributed by atoms with Gasteiger partial charge in [-0.1, -0.05) is 30.3 Å². The topological polar surface area (TPSA) is 59.4 Å². The second kappa shape index (κ2) is 5.56. The lowest BCUT2D eigenvalue weighted by Gasteiger charge is -2.01. The van der Waals surface area contributed by atoms with Gasteiger partial charge in [-0.2, -0.15) is 0 Å². The van der Waals surface area contributed by atoms with Crippen molar-refractivity contribution in [2.24, 2.45) is 0 Å². The molecule has 0 saturated heterocycles. The summed E-state index contributed by atoms with van der Waals surface area (Å²) in [6.45, 7) is 0.904. The predicted molar refractivity (Wildman–Crippen MR) is 64.0 cm³/mol. The smallest absolute Gasteiger partial charge is 0.365 e. The number of rotatable bonds is 5. The summed E-state index contributed by atoms with van der Waals surface area (Å²) in [5.74, 6) is -0.996. The van der Waals surface area contributed by atoms with E-state index in [9.17, 15) is 4.79 Å². The molecule has 1 aromatic heterocycles. The van der Waals surface area contributed by atoms with Crippen molar-refractivity contribution in [3.8, 4) is 0 Å². The number of carbonyl (C=O) groups is 1. The number of ether oxygens (including phenoxy) is 1. The number of carboxylic acid groups (broad SMARTS) is 1. The SMILES string of the molecule is O=C(O)c1ncc(COCc2ccccc2)s1. The van der Waals surface area contributed by atoms with Crippen LogP contribution < -0.4 is 0 Å². The molecule has 0 amide bonds. The maximum atomic E-state index is 10.6. The standard InChI is InChI=1S/C12H11NO3S/c14-12(15)11-13-6-10(17-11)8-16-7-9-4-2-1-3-5-9/h1-6H,7-8H2,(H,14,15). The lowest BCUT2D eigenvalue weighted by molar-refractivity contribution is 0.0696. The molecule has 0 aliphatic rings. The Morgan fingerprint density at radius 3 is 2.71 bits per heavy atom. The molecule has 2 rings (SSSR count). The van der Waals surface area contributed by atoms with E-state index in [-0.39, 0.29) is 5.01 Å². The molecule has 1 aromatic carbocycles. The predicted octanol–water partition coefficient (Wildman–Crippen LogP) is 2.56. The van der Waals surface area contributed by atoms with Crippen LogP contribution in [0, 0.1) is 0 Å². The van der Waals surface area contributed by atoms with E-state index in [4.69, 9.17) is 9.84 Å². The van der Waals surface area contributed by atoms with Crippen molar-refractivity contribution in [3.63, 3.8) is 0 Å². The van der Waals surface area contributed by atoms with Crippen LogP contribution >= 0.6 is 11.3 Å². The van der Waals surface area contributed by atoms with E-state index >= 15 is 0 Å². The van der Waals surface area contributed by atoms with Crippen LogP contribution in [0.1, 0.15) is 20.2 Å². The molecule has 0 aliphatic carbocycles. The molecule has 4 nitrogen and oxygen atoms in total. The average Bonchev–Trinajstić information content (AvgIpc) is 2.79. The second-order valence-electron chi connectivity index (χ2n) is 3.42. The number of aromatic carboxylic acids is 1. The van der Waals surface area contributed by atoms with Gasteiger partial charge < -0.3 is 9.84 Å². The van der Waals surface area contributed by atoms with E-state index in [0.717, 1.165) is 21.8 Å². The molecular weight excluding hydrogens is 238 g/mol. The summed E-state index contributed by atoms with van der Waals surface area (Å²) < 4.78 is 5.48. The van der Waals surface area contributed by atoms with Gasteiger partial charge in [0.15, 0.2) is 0 Å². The minimum absolute atomic E-state index is 0.100. The normalized spacial score (nSPS) is 10.4. The summed E-state index contributed by atoms with van der Waals surface area (Å²) in [4.78, 5) is 15.2. The Labute approximate surface area is 103 Å². The van der Waals surface area contributed by atoms with Gasteiger partial charge in [0.05, 0.1) is 18.1 Å². The van der Waals surface area contributed by atoms with E-state index in [2.05, 4.69) is 4.98 Å². The van der Waals surface area contributed by atoms with Crippen LogP contribution in [-0.4, -0.2) is 16.1 Å². The van der Waals surface area contributed by atoms with Crippen LogP contribution in [0.5, 0.6) is 0 Å². The minimum atomic E-state index is -0.996. The lowest BCUT2D eigenvalue weighted by atomic mass is 10.2. The zero-order chi connectivity index (χ0) is 12.1. The van der Waals surface area contributed by atoms with E-state index in [1.807, 2.05) is 30.3 Å². The van der Waals surface area contributed by atoms with E-state index in [1.165, 1.54) is 0 Å². The number of thiazole rings is 1. The average molecular weight is 249 g/mol. The maximum absolute atomic E-state index is 10.6.